The van der Waals surface area contributed by atoms with Gasteiger partial charge in [0.05, 0.1) is 15.5 Å². The third-order valence-electron chi connectivity index (χ3n) is 4.78. The second kappa shape index (κ2) is 9.67. The van der Waals surface area contributed by atoms with Crippen molar-refractivity contribution in [2.45, 2.75) is 12.3 Å². The van der Waals surface area contributed by atoms with Gasteiger partial charge < -0.3 is 14.7 Å². The molecule has 1 N–H and O–H groups in total. The predicted molar refractivity (Wildman–Crippen MR) is 108 cm³/mol. The van der Waals surface area contributed by atoms with Crippen molar-refractivity contribution in [2.24, 2.45) is 0 Å². The molecule has 2 heterocycles. The quantitative estimate of drug-likeness (QED) is 0.501. The number of nitrogens with zero attached hydrogens (tertiary/aromatic N) is 4. The van der Waals surface area contributed by atoms with E-state index in [0.29, 0.717) is 44.3 Å². The number of hydrogen-bond acceptors (Lipinski definition) is 7. The van der Waals surface area contributed by atoms with Crippen molar-refractivity contribution in [3.8, 4) is 5.75 Å². The topological polar surface area (TPSA) is 92.0 Å². The van der Waals surface area contributed by atoms with Gasteiger partial charge >= 0.3 is 6.18 Å². The summed E-state index contributed by atoms with van der Waals surface area (Å²) in [7, 11) is 0. The summed E-state index contributed by atoms with van der Waals surface area (Å²) >= 11 is 6.00. The zero-order valence-corrected chi connectivity index (χ0v) is 17.0. The molecule has 1 saturated heterocycles. The standard InChI is InChI=1S/C19H20ClF3N4O4/c20-17-9-13(19(21,22)23)10-24-18(17)26-7-5-25(6-8-26)11-15(28)12-31-16-3-1-14(2-4-16)27(29)30/h1-4,9-10,15,28H,5-8,11-12H2. The molecule has 0 amide bonds. The van der Waals surface area contributed by atoms with Crippen LogP contribution in [0.5, 0.6) is 5.75 Å². The summed E-state index contributed by atoms with van der Waals surface area (Å²) in [6, 6.07) is 6.44. The van der Waals surface area contributed by atoms with Gasteiger partial charge in [0.2, 0.25) is 0 Å². The van der Waals surface area contributed by atoms with Gasteiger partial charge in [0.1, 0.15) is 24.3 Å². The molecular weight excluding hydrogens is 441 g/mol. The summed E-state index contributed by atoms with van der Waals surface area (Å²) in [5.74, 6) is 0.717. The number of aliphatic hydroxyl groups excluding tert-OH is 1. The second-order valence-electron chi connectivity index (χ2n) is 7.03. The monoisotopic (exact) mass is 460 g/mol. The predicted octanol–water partition coefficient (Wildman–Crippen LogP) is 3.22. The summed E-state index contributed by atoms with van der Waals surface area (Å²) < 4.78 is 43.7. The largest absolute Gasteiger partial charge is 0.491 e. The van der Waals surface area contributed by atoms with E-state index in [-0.39, 0.29) is 17.3 Å². The van der Waals surface area contributed by atoms with Gasteiger partial charge in [-0.2, -0.15) is 13.2 Å². The van der Waals surface area contributed by atoms with Crippen molar-refractivity contribution in [3.63, 3.8) is 0 Å². The number of non-ortho nitro benzene ring substituents is 1. The summed E-state index contributed by atoms with van der Waals surface area (Å²) in [6.07, 6.45) is -4.51. The van der Waals surface area contributed by atoms with Gasteiger partial charge in [-0.1, -0.05) is 11.6 Å². The smallest absolute Gasteiger partial charge is 0.417 e. The Kier molecular flexibility index (Phi) is 7.19. The van der Waals surface area contributed by atoms with Crippen LogP contribution in [0.4, 0.5) is 24.7 Å². The zero-order valence-electron chi connectivity index (χ0n) is 16.3. The number of hydrogen-bond donors (Lipinski definition) is 1. The molecule has 0 saturated carbocycles. The van der Waals surface area contributed by atoms with Crippen LogP contribution in [0.1, 0.15) is 5.56 Å². The maximum Gasteiger partial charge on any atom is 0.417 e. The number of nitro groups is 1. The van der Waals surface area contributed by atoms with Gasteiger partial charge in [-0.3, -0.25) is 15.0 Å². The Balaban J connectivity index is 1.46. The van der Waals surface area contributed by atoms with Crippen molar-refractivity contribution in [3.05, 3.63) is 57.2 Å². The second-order valence-corrected chi connectivity index (χ2v) is 7.44. The number of pyridine rings is 1. The van der Waals surface area contributed by atoms with Crippen LogP contribution in [0, 0.1) is 10.1 Å². The van der Waals surface area contributed by atoms with Crippen LogP contribution in [0.3, 0.4) is 0 Å². The first-order chi connectivity index (χ1) is 14.6. The molecule has 12 heteroatoms. The van der Waals surface area contributed by atoms with Crippen molar-refractivity contribution in [1.29, 1.82) is 0 Å². The van der Waals surface area contributed by atoms with E-state index in [1.165, 1.54) is 24.3 Å². The van der Waals surface area contributed by atoms with Crippen LogP contribution >= 0.6 is 11.6 Å². The lowest BCUT2D eigenvalue weighted by atomic mass is 10.2. The summed E-state index contributed by atoms with van der Waals surface area (Å²) in [4.78, 5) is 17.8. The molecular formula is C19H20ClF3N4O4. The average Bonchev–Trinajstić information content (AvgIpc) is 2.72. The highest BCUT2D eigenvalue weighted by Gasteiger charge is 2.32. The summed E-state index contributed by atoms with van der Waals surface area (Å²) in [5.41, 5.74) is -0.940. The number of nitro benzene ring substituents is 1. The molecule has 0 bridgehead atoms. The normalized spacial score (nSPS) is 16.2. The molecule has 1 atom stereocenters. The van der Waals surface area contributed by atoms with Gasteiger partial charge in [-0.15, -0.1) is 0 Å². The zero-order chi connectivity index (χ0) is 22.6. The van der Waals surface area contributed by atoms with Crippen LogP contribution in [-0.2, 0) is 6.18 Å². The molecule has 168 valence electrons. The molecule has 1 unspecified atom stereocenters. The van der Waals surface area contributed by atoms with Crippen LogP contribution < -0.4 is 9.64 Å². The number of rotatable bonds is 7. The van der Waals surface area contributed by atoms with E-state index in [0.717, 1.165) is 12.3 Å². The highest BCUT2D eigenvalue weighted by atomic mass is 35.5. The highest BCUT2D eigenvalue weighted by molar-refractivity contribution is 6.33. The number of β-amino-alcohol motifs (C(OH)–C–C–N with tert-alkyl or cyclic N) is 1. The number of anilines is 1. The minimum Gasteiger partial charge on any atom is -0.491 e. The average molecular weight is 461 g/mol. The molecule has 8 nitrogen and oxygen atoms in total. The first kappa shape index (κ1) is 23.0. The molecule has 0 spiro atoms. The Bertz CT molecular complexity index is 906. The van der Waals surface area contributed by atoms with Gasteiger partial charge in [0.25, 0.3) is 5.69 Å². The molecule has 2 aromatic rings. The molecule has 3 rings (SSSR count). The number of piperazine rings is 1. The molecule has 1 aliphatic rings. The Morgan fingerprint density at radius 3 is 2.42 bits per heavy atom. The number of aromatic nitrogens is 1. The third-order valence-corrected chi connectivity index (χ3v) is 5.06. The van der Waals surface area contributed by atoms with Crippen molar-refractivity contribution in [1.82, 2.24) is 9.88 Å². The number of aliphatic hydroxyl groups is 1. The summed E-state index contributed by atoms with van der Waals surface area (Å²) in [6.45, 7) is 2.47. The van der Waals surface area contributed by atoms with Crippen LogP contribution in [0.25, 0.3) is 0 Å². The Labute approximate surface area is 181 Å². The fourth-order valence-electron chi connectivity index (χ4n) is 3.17. The van der Waals surface area contributed by atoms with Crippen LogP contribution in [0.2, 0.25) is 5.02 Å². The van der Waals surface area contributed by atoms with E-state index in [9.17, 15) is 28.4 Å². The molecule has 1 fully saturated rings. The first-order valence-electron chi connectivity index (χ1n) is 9.39. The van der Waals surface area contributed by atoms with Crippen molar-refractivity contribution in [2.75, 3.05) is 44.2 Å². The lowest BCUT2D eigenvalue weighted by Gasteiger charge is -2.36. The fourth-order valence-corrected chi connectivity index (χ4v) is 3.45. The number of alkyl halides is 3. The minimum atomic E-state index is -4.50. The third kappa shape index (κ3) is 6.18. The van der Waals surface area contributed by atoms with Gasteiger partial charge in [-0.05, 0) is 18.2 Å². The van der Waals surface area contributed by atoms with E-state index < -0.39 is 22.8 Å². The molecule has 1 aliphatic heterocycles. The Morgan fingerprint density at radius 1 is 1.23 bits per heavy atom. The fraction of sp³-hybridized carbons (Fsp3) is 0.421. The maximum atomic E-state index is 12.8. The molecule has 0 radical (unpaired) electrons. The number of benzene rings is 1. The van der Waals surface area contributed by atoms with Crippen molar-refractivity contribution < 1.29 is 27.9 Å². The molecule has 0 aliphatic carbocycles. The van der Waals surface area contributed by atoms with E-state index >= 15 is 0 Å². The van der Waals surface area contributed by atoms with E-state index in [1.54, 1.807) is 4.90 Å². The Hall–Kier alpha value is -2.63. The number of halogens is 4. The molecule has 31 heavy (non-hydrogen) atoms. The van der Waals surface area contributed by atoms with E-state index in [4.69, 9.17) is 16.3 Å². The van der Waals surface area contributed by atoms with E-state index in [2.05, 4.69) is 4.98 Å². The van der Waals surface area contributed by atoms with Gasteiger partial charge in [-0.25, -0.2) is 4.98 Å². The SMILES string of the molecule is O=[N+]([O-])c1ccc(OCC(O)CN2CCN(c3ncc(C(F)(F)F)cc3Cl)CC2)cc1. The van der Waals surface area contributed by atoms with Crippen LogP contribution in [-0.4, -0.2) is 65.3 Å². The maximum absolute atomic E-state index is 12.8. The molecule has 1 aromatic carbocycles. The first-order valence-corrected chi connectivity index (χ1v) is 9.76. The van der Waals surface area contributed by atoms with E-state index in [1.807, 2.05) is 4.90 Å². The molecule has 1 aromatic heterocycles. The van der Waals surface area contributed by atoms with Crippen LogP contribution in [0.15, 0.2) is 36.5 Å². The summed E-state index contributed by atoms with van der Waals surface area (Å²) in [5, 5.41) is 20.8. The lowest BCUT2D eigenvalue weighted by Crippen LogP contribution is -2.49. The number of ether oxygens (including phenoxy) is 1. The van der Waals surface area contributed by atoms with Gasteiger partial charge in [0.15, 0.2) is 0 Å². The Morgan fingerprint density at radius 2 is 1.87 bits per heavy atom. The lowest BCUT2D eigenvalue weighted by molar-refractivity contribution is -0.384. The van der Waals surface area contributed by atoms with Gasteiger partial charge in [0, 0.05) is 51.1 Å². The van der Waals surface area contributed by atoms with Crippen molar-refractivity contribution >= 4 is 23.1 Å². The highest BCUT2D eigenvalue weighted by Crippen LogP contribution is 2.33. The minimum absolute atomic E-state index is 0.0182.